The van der Waals surface area contributed by atoms with Gasteiger partial charge in [0.1, 0.15) is 0 Å². The molecule has 0 spiro atoms. The zero-order chi connectivity index (χ0) is 16.5. The van der Waals surface area contributed by atoms with Crippen LogP contribution in [0.5, 0.6) is 0 Å². The molecule has 23 heavy (non-hydrogen) atoms. The molecule has 1 aromatic carbocycles. The van der Waals surface area contributed by atoms with Crippen molar-refractivity contribution in [1.29, 1.82) is 0 Å². The van der Waals surface area contributed by atoms with Gasteiger partial charge in [-0.25, -0.2) is 13.1 Å². The standard InChI is InChI=1S/C18H30N2O2S/c1-17-9-5-7-14-20(17)15-8-6-13-19-23(21,22)16-12-18-10-3-2-4-11-18/h2-4,10-11,17,19H,5-9,12-16H2,1H3/t17-/m0/s1. The van der Waals surface area contributed by atoms with Gasteiger partial charge >= 0.3 is 0 Å². The molecule has 1 N–H and O–H groups in total. The van der Waals surface area contributed by atoms with Crippen LogP contribution in [-0.4, -0.2) is 44.7 Å². The van der Waals surface area contributed by atoms with Gasteiger partial charge in [-0.2, -0.15) is 0 Å². The summed E-state index contributed by atoms with van der Waals surface area (Å²) in [7, 11) is -3.16. The van der Waals surface area contributed by atoms with Crippen molar-refractivity contribution in [3.05, 3.63) is 35.9 Å². The first-order valence-electron chi connectivity index (χ1n) is 8.82. The van der Waals surface area contributed by atoms with E-state index in [1.807, 2.05) is 30.3 Å². The van der Waals surface area contributed by atoms with Crippen molar-refractivity contribution < 1.29 is 8.42 Å². The first kappa shape index (κ1) is 18.4. The predicted molar refractivity (Wildman–Crippen MR) is 96.1 cm³/mol. The number of aryl methyl sites for hydroxylation is 1. The van der Waals surface area contributed by atoms with Gasteiger partial charge in [0.15, 0.2) is 0 Å². The molecule has 0 saturated carbocycles. The number of unbranched alkanes of at least 4 members (excludes halogenated alkanes) is 1. The first-order chi connectivity index (χ1) is 11.1. The van der Waals surface area contributed by atoms with E-state index >= 15 is 0 Å². The third-order valence-corrected chi connectivity index (χ3v) is 6.02. The summed E-state index contributed by atoms with van der Waals surface area (Å²) in [5.74, 6) is 0.167. The van der Waals surface area contributed by atoms with Crippen molar-refractivity contribution in [3.8, 4) is 0 Å². The topological polar surface area (TPSA) is 49.4 Å². The van der Waals surface area contributed by atoms with Gasteiger partial charge in [-0.1, -0.05) is 36.8 Å². The zero-order valence-corrected chi connectivity index (χ0v) is 15.0. The van der Waals surface area contributed by atoms with Gasteiger partial charge in [0.2, 0.25) is 10.0 Å². The quantitative estimate of drug-likeness (QED) is 0.705. The van der Waals surface area contributed by atoms with E-state index in [4.69, 9.17) is 0 Å². The third-order valence-electron chi connectivity index (χ3n) is 4.64. The fourth-order valence-corrected chi connectivity index (χ4v) is 4.23. The highest BCUT2D eigenvalue weighted by atomic mass is 32.2. The summed E-state index contributed by atoms with van der Waals surface area (Å²) < 4.78 is 26.7. The normalized spacial score (nSPS) is 19.8. The minimum atomic E-state index is -3.16. The second kappa shape index (κ2) is 9.40. The molecule has 4 nitrogen and oxygen atoms in total. The summed E-state index contributed by atoms with van der Waals surface area (Å²) in [6.45, 7) is 5.14. The Bertz CT molecular complexity index is 545. The van der Waals surface area contributed by atoms with Crippen LogP contribution in [0, 0.1) is 0 Å². The van der Waals surface area contributed by atoms with E-state index in [0.717, 1.165) is 24.9 Å². The molecule has 0 aliphatic carbocycles. The van der Waals surface area contributed by atoms with Crippen molar-refractivity contribution >= 4 is 10.0 Å². The monoisotopic (exact) mass is 338 g/mol. The van der Waals surface area contributed by atoms with Crippen LogP contribution >= 0.6 is 0 Å². The molecule has 5 heteroatoms. The van der Waals surface area contributed by atoms with Crippen molar-refractivity contribution in [2.24, 2.45) is 0 Å². The van der Waals surface area contributed by atoms with E-state index < -0.39 is 10.0 Å². The molecule has 1 heterocycles. The van der Waals surface area contributed by atoms with Crippen LogP contribution < -0.4 is 4.72 Å². The molecule has 1 saturated heterocycles. The molecular weight excluding hydrogens is 308 g/mol. The fraction of sp³-hybridized carbons (Fsp3) is 0.667. The van der Waals surface area contributed by atoms with Gasteiger partial charge in [0.25, 0.3) is 0 Å². The first-order valence-corrected chi connectivity index (χ1v) is 10.5. The Morgan fingerprint density at radius 3 is 2.70 bits per heavy atom. The summed E-state index contributed by atoms with van der Waals surface area (Å²) >= 11 is 0. The van der Waals surface area contributed by atoms with Crippen LogP contribution in [0.3, 0.4) is 0 Å². The fourth-order valence-electron chi connectivity index (χ4n) is 3.13. The maximum Gasteiger partial charge on any atom is 0.211 e. The summed E-state index contributed by atoms with van der Waals surface area (Å²) in [5.41, 5.74) is 1.07. The molecule has 0 unspecified atom stereocenters. The second-order valence-corrected chi connectivity index (χ2v) is 8.46. The Morgan fingerprint density at radius 2 is 1.96 bits per heavy atom. The van der Waals surface area contributed by atoms with Gasteiger partial charge in [-0.05, 0) is 57.7 Å². The third kappa shape index (κ3) is 7.02. The summed E-state index contributed by atoms with van der Waals surface area (Å²) in [6, 6.07) is 10.4. The predicted octanol–water partition coefficient (Wildman–Crippen LogP) is 2.80. The second-order valence-electron chi connectivity index (χ2n) is 6.54. The van der Waals surface area contributed by atoms with Crippen molar-refractivity contribution in [3.63, 3.8) is 0 Å². The maximum absolute atomic E-state index is 12.0. The molecule has 0 bridgehead atoms. The Kier molecular flexibility index (Phi) is 7.53. The Morgan fingerprint density at radius 1 is 1.17 bits per heavy atom. The van der Waals surface area contributed by atoms with E-state index in [2.05, 4.69) is 16.5 Å². The molecule has 1 aliphatic rings. The van der Waals surface area contributed by atoms with Gasteiger partial charge in [0.05, 0.1) is 5.75 Å². The average molecular weight is 339 g/mol. The van der Waals surface area contributed by atoms with E-state index in [0.29, 0.717) is 19.0 Å². The van der Waals surface area contributed by atoms with Crippen LogP contribution in [0.1, 0.15) is 44.6 Å². The van der Waals surface area contributed by atoms with Gasteiger partial charge < -0.3 is 4.90 Å². The lowest BCUT2D eigenvalue weighted by molar-refractivity contribution is 0.158. The van der Waals surface area contributed by atoms with Crippen molar-refractivity contribution in [2.45, 2.75) is 51.5 Å². The van der Waals surface area contributed by atoms with Crippen molar-refractivity contribution in [1.82, 2.24) is 9.62 Å². The van der Waals surface area contributed by atoms with Gasteiger partial charge in [-0.15, -0.1) is 0 Å². The van der Waals surface area contributed by atoms with E-state index in [-0.39, 0.29) is 5.75 Å². The lowest BCUT2D eigenvalue weighted by Gasteiger charge is -2.33. The minimum Gasteiger partial charge on any atom is -0.301 e. The lowest BCUT2D eigenvalue weighted by Crippen LogP contribution is -2.38. The number of likely N-dealkylation sites (tertiary alicyclic amines) is 1. The number of sulfonamides is 1. The number of benzene rings is 1. The molecule has 0 radical (unpaired) electrons. The van der Waals surface area contributed by atoms with Gasteiger partial charge in [0, 0.05) is 12.6 Å². The van der Waals surface area contributed by atoms with Crippen LogP contribution in [0.4, 0.5) is 0 Å². The molecule has 1 fully saturated rings. The summed E-state index contributed by atoms with van der Waals surface area (Å²) in [5, 5.41) is 0. The Hall–Kier alpha value is -0.910. The van der Waals surface area contributed by atoms with Crippen LogP contribution in [-0.2, 0) is 16.4 Å². The highest BCUT2D eigenvalue weighted by Crippen LogP contribution is 2.16. The molecule has 0 amide bonds. The molecule has 1 atom stereocenters. The summed E-state index contributed by atoms with van der Waals surface area (Å²) in [4.78, 5) is 2.54. The SMILES string of the molecule is C[C@H]1CCCCN1CCCCNS(=O)(=O)CCc1ccccc1. The van der Waals surface area contributed by atoms with Crippen LogP contribution in [0.15, 0.2) is 30.3 Å². The molecule has 0 aromatic heterocycles. The smallest absolute Gasteiger partial charge is 0.211 e. The summed E-state index contributed by atoms with van der Waals surface area (Å²) in [6.07, 6.45) is 6.49. The zero-order valence-electron chi connectivity index (χ0n) is 14.2. The van der Waals surface area contributed by atoms with E-state index in [9.17, 15) is 8.42 Å². The molecule has 2 rings (SSSR count). The Balaban J connectivity index is 1.59. The molecule has 1 aromatic rings. The number of piperidine rings is 1. The average Bonchev–Trinajstić information content (AvgIpc) is 2.55. The van der Waals surface area contributed by atoms with Gasteiger partial charge in [-0.3, -0.25) is 0 Å². The number of rotatable bonds is 9. The number of nitrogens with one attached hydrogen (secondary N) is 1. The van der Waals surface area contributed by atoms with Crippen LogP contribution in [0.25, 0.3) is 0 Å². The molecule has 1 aliphatic heterocycles. The maximum atomic E-state index is 12.0. The highest BCUT2D eigenvalue weighted by molar-refractivity contribution is 7.89. The van der Waals surface area contributed by atoms with E-state index in [1.165, 1.54) is 25.8 Å². The van der Waals surface area contributed by atoms with Crippen LogP contribution in [0.2, 0.25) is 0 Å². The highest BCUT2D eigenvalue weighted by Gasteiger charge is 2.17. The number of nitrogens with zero attached hydrogens (tertiary/aromatic N) is 1. The molecule has 130 valence electrons. The Labute approximate surface area is 141 Å². The molecular formula is C18H30N2O2S. The minimum absolute atomic E-state index is 0.167. The number of hydrogen-bond donors (Lipinski definition) is 1. The number of hydrogen-bond acceptors (Lipinski definition) is 3. The van der Waals surface area contributed by atoms with Crippen molar-refractivity contribution in [2.75, 3.05) is 25.4 Å². The van der Waals surface area contributed by atoms with E-state index in [1.54, 1.807) is 0 Å². The lowest BCUT2D eigenvalue weighted by atomic mass is 10.0. The largest absolute Gasteiger partial charge is 0.301 e.